The number of aliphatic hydroxyl groups excluding tert-OH is 1. The molecule has 1 atom stereocenters. The van der Waals surface area contributed by atoms with Crippen LogP contribution in [0.2, 0.25) is 0 Å². The lowest BCUT2D eigenvalue weighted by Gasteiger charge is -2.15. The van der Waals surface area contributed by atoms with Gasteiger partial charge in [-0.2, -0.15) is 10.4 Å². The van der Waals surface area contributed by atoms with Gasteiger partial charge in [0.25, 0.3) is 0 Å². The maximum absolute atomic E-state index is 10.1. The van der Waals surface area contributed by atoms with Gasteiger partial charge in [0.1, 0.15) is 6.07 Å². The van der Waals surface area contributed by atoms with E-state index in [1.807, 2.05) is 58.0 Å². The smallest absolute Gasteiger partial charge is 0.163 e. The molecule has 2 aromatic rings. The van der Waals surface area contributed by atoms with Gasteiger partial charge >= 0.3 is 0 Å². The number of nitriles is 1. The largest absolute Gasteiger partial charge is 0.389 e. The van der Waals surface area contributed by atoms with Crippen LogP contribution in [0.3, 0.4) is 0 Å². The highest BCUT2D eigenvalue weighted by Gasteiger charge is 2.16. The Labute approximate surface area is 142 Å². The van der Waals surface area contributed by atoms with E-state index in [0.717, 1.165) is 22.5 Å². The molecule has 0 aliphatic rings. The van der Waals surface area contributed by atoms with Gasteiger partial charge in [0, 0.05) is 11.3 Å². The van der Waals surface area contributed by atoms with Gasteiger partial charge in [0.2, 0.25) is 0 Å². The van der Waals surface area contributed by atoms with Crippen molar-refractivity contribution >= 4 is 5.57 Å². The minimum atomic E-state index is -0.684. The Morgan fingerprint density at radius 3 is 2.62 bits per heavy atom. The van der Waals surface area contributed by atoms with Crippen LogP contribution in [-0.4, -0.2) is 19.9 Å². The summed E-state index contributed by atoms with van der Waals surface area (Å²) in [6, 6.07) is 7.50. The van der Waals surface area contributed by atoms with Crippen molar-refractivity contribution in [2.75, 3.05) is 0 Å². The molecule has 0 fully saturated rings. The van der Waals surface area contributed by atoms with Crippen molar-refractivity contribution in [2.45, 2.75) is 40.7 Å². The molecule has 1 N–H and O–H groups in total. The number of aliphatic hydroxyl groups is 1. The van der Waals surface area contributed by atoms with Gasteiger partial charge in [-0.05, 0) is 57.9 Å². The Hall–Kier alpha value is -2.71. The minimum absolute atomic E-state index is 0.327. The maximum atomic E-state index is 10.1. The molecule has 0 aliphatic carbocycles. The number of pyridine rings is 1. The number of hydrogen-bond donors (Lipinski definition) is 1. The van der Waals surface area contributed by atoms with Crippen molar-refractivity contribution in [3.05, 3.63) is 58.6 Å². The van der Waals surface area contributed by atoms with Crippen molar-refractivity contribution in [2.24, 2.45) is 0 Å². The first-order valence-electron chi connectivity index (χ1n) is 7.85. The first-order valence-corrected chi connectivity index (χ1v) is 7.85. The summed E-state index contributed by atoms with van der Waals surface area (Å²) < 4.78 is 1.61. The van der Waals surface area contributed by atoms with Gasteiger partial charge in [-0.25, -0.2) is 9.67 Å². The second-order valence-electron chi connectivity index (χ2n) is 5.79. The minimum Gasteiger partial charge on any atom is -0.389 e. The quantitative estimate of drug-likeness (QED) is 0.867. The second kappa shape index (κ2) is 7.24. The van der Waals surface area contributed by atoms with E-state index in [0.29, 0.717) is 17.1 Å². The lowest BCUT2D eigenvalue weighted by Crippen LogP contribution is -2.10. The average Bonchev–Trinajstić information content (AvgIpc) is 2.94. The van der Waals surface area contributed by atoms with Crippen LogP contribution >= 0.6 is 0 Å². The summed E-state index contributed by atoms with van der Waals surface area (Å²) in [6.45, 7) is 9.58. The summed E-state index contributed by atoms with van der Waals surface area (Å²) in [4.78, 5) is 4.72. The normalized spacial score (nSPS) is 13.7. The van der Waals surface area contributed by atoms with Gasteiger partial charge in [-0.3, -0.25) is 0 Å². The molecule has 0 radical (unpaired) electrons. The van der Waals surface area contributed by atoms with E-state index in [9.17, 15) is 5.11 Å². The zero-order chi connectivity index (χ0) is 17.9. The predicted molar refractivity (Wildman–Crippen MR) is 94.5 cm³/mol. The van der Waals surface area contributed by atoms with Crippen molar-refractivity contribution < 1.29 is 5.11 Å². The van der Waals surface area contributed by atoms with Crippen molar-refractivity contribution in [1.29, 1.82) is 5.26 Å². The Kier molecular flexibility index (Phi) is 5.32. The Morgan fingerprint density at radius 1 is 1.38 bits per heavy atom. The lowest BCUT2D eigenvalue weighted by molar-refractivity contribution is 0.198. The summed E-state index contributed by atoms with van der Waals surface area (Å²) in [5.41, 5.74) is 4.79. The van der Waals surface area contributed by atoms with Crippen LogP contribution in [0.1, 0.15) is 56.4 Å². The molecule has 0 saturated heterocycles. The first-order chi connectivity index (χ1) is 11.4. The number of aromatic nitrogens is 3. The van der Waals surface area contributed by atoms with Crippen LogP contribution in [0.25, 0.3) is 11.4 Å². The van der Waals surface area contributed by atoms with Crippen LogP contribution in [0.5, 0.6) is 0 Å². The summed E-state index contributed by atoms with van der Waals surface area (Å²) in [6.07, 6.45) is 3.34. The molecule has 0 bridgehead atoms. The second-order valence-corrected chi connectivity index (χ2v) is 5.79. The molecule has 1 unspecified atom stereocenters. The SMILES string of the molecule is C/C=C\C(C)=C(\C)c1ccc(C(C)O)c(-n2nc(C#N)cc2C)n1. The van der Waals surface area contributed by atoms with Crippen LogP contribution in [0.4, 0.5) is 0 Å². The molecule has 2 rings (SSSR count). The monoisotopic (exact) mass is 322 g/mol. The fourth-order valence-electron chi connectivity index (χ4n) is 2.48. The molecule has 0 aliphatic heterocycles. The van der Waals surface area contributed by atoms with Crippen LogP contribution in [0, 0.1) is 18.3 Å². The van der Waals surface area contributed by atoms with E-state index in [1.54, 1.807) is 17.7 Å². The van der Waals surface area contributed by atoms with Crippen LogP contribution < -0.4 is 0 Å². The Balaban J connectivity index is 2.68. The van der Waals surface area contributed by atoms with Gasteiger partial charge < -0.3 is 5.11 Å². The molecule has 124 valence electrons. The number of hydrogen-bond acceptors (Lipinski definition) is 4. The Morgan fingerprint density at radius 2 is 2.08 bits per heavy atom. The average molecular weight is 322 g/mol. The highest BCUT2D eigenvalue weighted by atomic mass is 16.3. The van der Waals surface area contributed by atoms with Crippen molar-refractivity contribution in [1.82, 2.24) is 14.8 Å². The topological polar surface area (TPSA) is 74.7 Å². The molecule has 5 nitrogen and oxygen atoms in total. The predicted octanol–water partition coefficient (Wildman–Crippen LogP) is 3.87. The molecular formula is C19H22N4O. The van der Waals surface area contributed by atoms with E-state index in [4.69, 9.17) is 10.2 Å². The fraction of sp³-hybridized carbons (Fsp3) is 0.316. The maximum Gasteiger partial charge on any atom is 0.163 e. The summed E-state index contributed by atoms with van der Waals surface area (Å²) in [5.74, 6) is 0.550. The zero-order valence-corrected chi connectivity index (χ0v) is 14.7. The van der Waals surface area contributed by atoms with Gasteiger partial charge in [-0.15, -0.1) is 0 Å². The molecule has 2 aromatic heterocycles. The lowest BCUT2D eigenvalue weighted by atomic mass is 10.0. The van der Waals surface area contributed by atoms with Crippen LogP contribution in [-0.2, 0) is 0 Å². The molecule has 5 heteroatoms. The van der Waals surface area contributed by atoms with E-state index in [1.165, 1.54) is 0 Å². The van der Waals surface area contributed by atoms with E-state index < -0.39 is 6.10 Å². The standard InChI is InChI=1S/C19H22N4O/c1-6-7-12(2)14(4)18-9-8-17(15(5)24)19(21-18)23-13(3)10-16(11-20)22-23/h6-10,15,24H,1-5H3/b7-6-,14-12-. The molecule has 2 heterocycles. The third-order valence-corrected chi connectivity index (χ3v) is 3.95. The highest BCUT2D eigenvalue weighted by Crippen LogP contribution is 2.25. The molecule has 0 saturated carbocycles. The molecule has 0 aromatic carbocycles. The van der Waals surface area contributed by atoms with Crippen LogP contribution in [0.15, 0.2) is 35.9 Å². The summed E-state index contributed by atoms with van der Waals surface area (Å²) in [5, 5.41) is 23.4. The number of allylic oxidation sites excluding steroid dienone is 4. The van der Waals surface area contributed by atoms with Crippen molar-refractivity contribution in [3.63, 3.8) is 0 Å². The third kappa shape index (κ3) is 3.44. The summed E-state index contributed by atoms with van der Waals surface area (Å²) in [7, 11) is 0. The molecule has 24 heavy (non-hydrogen) atoms. The van der Waals surface area contributed by atoms with E-state index in [-0.39, 0.29) is 0 Å². The third-order valence-electron chi connectivity index (χ3n) is 3.95. The van der Waals surface area contributed by atoms with E-state index in [2.05, 4.69) is 5.10 Å². The van der Waals surface area contributed by atoms with Gasteiger partial charge in [-0.1, -0.05) is 18.2 Å². The molecule has 0 spiro atoms. The number of aryl methyl sites for hydroxylation is 1. The zero-order valence-electron chi connectivity index (χ0n) is 14.7. The van der Waals surface area contributed by atoms with Crippen molar-refractivity contribution in [3.8, 4) is 11.9 Å². The fourth-order valence-corrected chi connectivity index (χ4v) is 2.48. The van der Waals surface area contributed by atoms with Gasteiger partial charge in [0.15, 0.2) is 11.5 Å². The highest BCUT2D eigenvalue weighted by molar-refractivity contribution is 5.67. The summed E-state index contributed by atoms with van der Waals surface area (Å²) >= 11 is 0. The number of rotatable bonds is 4. The first kappa shape index (κ1) is 17.6. The Bertz CT molecular complexity index is 851. The van der Waals surface area contributed by atoms with E-state index >= 15 is 0 Å². The van der Waals surface area contributed by atoms with Gasteiger partial charge in [0.05, 0.1) is 11.8 Å². The molecular weight excluding hydrogens is 300 g/mol. The molecule has 0 amide bonds. The number of nitrogens with zero attached hydrogens (tertiary/aromatic N) is 4.